The number of carbonyl (C=O) groups excluding carboxylic acids is 2. The first kappa shape index (κ1) is 17.7. The fraction of sp³-hybridized carbons (Fsp3) is 0.111. The Balaban J connectivity index is 1.79. The second kappa shape index (κ2) is 8.88. The van der Waals surface area contributed by atoms with Crippen LogP contribution in [0.25, 0.3) is 0 Å². The Bertz CT molecular complexity index is 717. The van der Waals surface area contributed by atoms with Gasteiger partial charge in [-0.15, -0.1) is 0 Å². The van der Waals surface area contributed by atoms with Crippen LogP contribution in [-0.4, -0.2) is 18.0 Å². The van der Waals surface area contributed by atoms with Crippen LogP contribution in [0.5, 0.6) is 0 Å². The highest BCUT2D eigenvalue weighted by atomic mass is 32.2. The van der Waals surface area contributed by atoms with Gasteiger partial charge in [0.1, 0.15) is 5.82 Å². The van der Waals surface area contributed by atoms with Crippen LogP contribution in [0.15, 0.2) is 71.0 Å². The molecule has 6 heteroatoms. The van der Waals surface area contributed by atoms with Crippen LogP contribution < -0.4 is 5.32 Å². The molecule has 2 aromatic rings. The Kier molecular flexibility index (Phi) is 6.57. The summed E-state index contributed by atoms with van der Waals surface area (Å²) in [4.78, 5) is 24.6. The largest absolute Gasteiger partial charge is 0.449 e. The predicted molar refractivity (Wildman–Crippen MR) is 92.0 cm³/mol. The summed E-state index contributed by atoms with van der Waals surface area (Å²) < 4.78 is 17.8. The molecule has 0 heterocycles. The van der Waals surface area contributed by atoms with E-state index >= 15 is 0 Å². The number of ether oxygens (including phenoxy) is 1. The first-order valence-corrected chi connectivity index (χ1v) is 8.08. The summed E-state index contributed by atoms with van der Waals surface area (Å²) in [6, 6.07) is 14.9. The van der Waals surface area contributed by atoms with E-state index in [1.165, 1.54) is 49.0 Å². The second-order valence-corrected chi connectivity index (χ2v) is 5.79. The molecule has 1 amide bonds. The number of nitrogens with one attached hydrogen (secondary N) is 1. The lowest BCUT2D eigenvalue weighted by Gasteiger charge is -2.12. The van der Waals surface area contributed by atoms with Crippen LogP contribution in [0.3, 0.4) is 0 Å². The minimum atomic E-state index is -0.964. The van der Waals surface area contributed by atoms with Crippen molar-refractivity contribution in [3.05, 3.63) is 71.9 Å². The molecule has 0 aliphatic carbocycles. The van der Waals surface area contributed by atoms with Crippen molar-refractivity contribution in [2.24, 2.45) is 0 Å². The van der Waals surface area contributed by atoms with Gasteiger partial charge in [-0.05, 0) is 48.7 Å². The van der Waals surface area contributed by atoms with Gasteiger partial charge in [-0.3, -0.25) is 4.79 Å². The molecule has 24 heavy (non-hydrogen) atoms. The van der Waals surface area contributed by atoms with E-state index in [-0.39, 0.29) is 0 Å². The maximum atomic E-state index is 12.8. The highest BCUT2D eigenvalue weighted by Gasteiger charge is 2.16. The molecule has 0 saturated heterocycles. The van der Waals surface area contributed by atoms with Gasteiger partial charge in [-0.1, -0.05) is 30.0 Å². The van der Waals surface area contributed by atoms with Crippen LogP contribution in [0.1, 0.15) is 6.92 Å². The zero-order chi connectivity index (χ0) is 17.4. The van der Waals surface area contributed by atoms with E-state index < -0.39 is 23.8 Å². The molecule has 2 rings (SSSR count). The number of hydrogen-bond acceptors (Lipinski definition) is 4. The maximum Gasteiger partial charge on any atom is 0.332 e. The number of benzene rings is 2. The number of thioether (sulfide) groups is 1. The van der Waals surface area contributed by atoms with E-state index in [0.29, 0.717) is 5.69 Å². The van der Waals surface area contributed by atoms with Crippen molar-refractivity contribution in [2.75, 3.05) is 5.32 Å². The van der Waals surface area contributed by atoms with E-state index in [0.717, 1.165) is 4.90 Å². The fourth-order valence-electron chi connectivity index (χ4n) is 1.71. The highest BCUT2D eigenvalue weighted by molar-refractivity contribution is 8.02. The lowest BCUT2D eigenvalue weighted by Crippen LogP contribution is -2.29. The van der Waals surface area contributed by atoms with Crippen molar-refractivity contribution in [3.8, 4) is 0 Å². The first-order valence-electron chi connectivity index (χ1n) is 7.20. The van der Waals surface area contributed by atoms with Gasteiger partial charge in [0.2, 0.25) is 0 Å². The van der Waals surface area contributed by atoms with Gasteiger partial charge in [0.05, 0.1) is 0 Å². The Hall–Kier alpha value is -2.60. The van der Waals surface area contributed by atoms with Gasteiger partial charge in [-0.2, -0.15) is 0 Å². The average molecular weight is 345 g/mol. The molecule has 0 saturated carbocycles. The third-order valence-corrected chi connectivity index (χ3v) is 3.74. The Morgan fingerprint density at radius 2 is 1.79 bits per heavy atom. The molecule has 2 aromatic carbocycles. The van der Waals surface area contributed by atoms with Crippen LogP contribution >= 0.6 is 11.8 Å². The number of hydrogen-bond donors (Lipinski definition) is 1. The molecular formula is C18H16FNO3S. The lowest BCUT2D eigenvalue weighted by molar-refractivity contribution is -0.148. The topological polar surface area (TPSA) is 55.4 Å². The number of anilines is 1. The van der Waals surface area contributed by atoms with Crippen LogP contribution in [-0.2, 0) is 14.3 Å². The number of halogens is 1. The summed E-state index contributed by atoms with van der Waals surface area (Å²) in [5, 5.41) is 4.14. The SMILES string of the molecule is C[C@H](OC(=O)/C=C/Sc1ccccc1)C(=O)Nc1ccc(F)cc1. The standard InChI is InChI=1S/C18H16FNO3S/c1-13(18(22)20-15-9-7-14(19)8-10-15)23-17(21)11-12-24-16-5-3-2-4-6-16/h2-13H,1H3,(H,20,22)/b12-11+/t13-/m0/s1. The number of esters is 1. The molecule has 0 bridgehead atoms. The zero-order valence-electron chi connectivity index (χ0n) is 12.9. The third kappa shape index (κ3) is 5.89. The summed E-state index contributed by atoms with van der Waals surface area (Å²) in [6.07, 6.45) is 0.299. The van der Waals surface area contributed by atoms with Crippen molar-refractivity contribution in [1.29, 1.82) is 0 Å². The van der Waals surface area contributed by atoms with Crippen molar-refractivity contribution in [3.63, 3.8) is 0 Å². The summed E-state index contributed by atoms with van der Waals surface area (Å²) >= 11 is 1.37. The number of carbonyl (C=O) groups is 2. The normalized spacial score (nSPS) is 11.9. The van der Waals surface area contributed by atoms with Gasteiger partial charge >= 0.3 is 5.97 Å². The number of rotatable bonds is 6. The van der Waals surface area contributed by atoms with Gasteiger partial charge in [0.25, 0.3) is 5.91 Å². The molecule has 0 aromatic heterocycles. The molecule has 4 nitrogen and oxygen atoms in total. The molecule has 0 unspecified atom stereocenters. The first-order chi connectivity index (χ1) is 11.5. The van der Waals surface area contributed by atoms with E-state index in [4.69, 9.17) is 4.74 Å². The summed E-state index contributed by atoms with van der Waals surface area (Å²) in [7, 11) is 0. The highest BCUT2D eigenvalue weighted by Crippen LogP contribution is 2.18. The van der Waals surface area contributed by atoms with Gasteiger partial charge < -0.3 is 10.1 Å². The van der Waals surface area contributed by atoms with Gasteiger partial charge in [0.15, 0.2) is 6.10 Å². The summed E-state index contributed by atoms with van der Waals surface area (Å²) in [6.45, 7) is 1.47. The molecule has 0 aliphatic heterocycles. The Morgan fingerprint density at radius 3 is 2.46 bits per heavy atom. The van der Waals surface area contributed by atoms with Crippen LogP contribution in [0.2, 0.25) is 0 Å². The Labute approximate surface area is 143 Å². The molecular weight excluding hydrogens is 329 g/mol. The van der Waals surface area contributed by atoms with Crippen LogP contribution in [0.4, 0.5) is 10.1 Å². The van der Waals surface area contributed by atoms with Crippen molar-refractivity contribution < 1.29 is 18.7 Å². The predicted octanol–water partition coefficient (Wildman–Crippen LogP) is 4.00. The second-order valence-electron chi connectivity index (χ2n) is 4.81. The summed E-state index contributed by atoms with van der Waals surface area (Å²) in [5.74, 6) is -1.49. The average Bonchev–Trinajstić information content (AvgIpc) is 2.58. The zero-order valence-corrected chi connectivity index (χ0v) is 13.8. The van der Waals surface area contributed by atoms with Crippen molar-refractivity contribution >= 4 is 29.3 Å². The quantitative estimate of drug-likeness (QED) is 0.488. The molecule has 0 radical (unpaired) electrons. The van der Waals surface area contributed by atoms with Crippen LogP contribution in [0, 0.1) is 5.82 Å². The molecule has 0 spiro atoms. The van der Waals surface area contributed by atoms with Crippen molar-refractivity contribution in [2.45, 2.75) is 17.9 Å². The van der Waals surface area contributed by atoms with Gasteiger partial charge in [0, 0.05) is 16.7 Å². The number of amides is 1. The minimum absolute atomic E-state index is 0.395. The van der Waals surface area contributed by atoms with E-state index in [9.17, 15) is 14.0 Å². The smallest absolute Gasteiger partial charge is 0.332 e. The van der Waals surface area contributed by atoms with Gasteiger partial charge in [-0.25, -0.2) is 9.18 Å². The molecule has 0 fully saturated rings. The molecule has 1 atom stereocenters. The fourth-order valence-corrected chi connectivity index (χ4v) is 2.36. The monoisotopic (exact) mass is 345 g/mol. The third-order valence-electron chi connectivity index (χ3n) is 2.93. The molecule has 1 N–H and O–H groups in total. The van der Waals surface area contributed by atoms with E-state index in [1.807, 2.05) is 30.3 Å². The molecule has 0 aliphatic rings. The van der Waals surface area contributed by atoms with E-state index in [2.05, 4.69) is 5.32 Å². The summed E-state index contributed by atoms with van der Waals surface area (Å²) in [5.41, 5.74) is 0.430. The lowest BCUT2D eigenvalue weighted by atomic mass is 10.3. The van der Waals surface area contributed by atoms with E-state index in [1.54, 1.807) is 5.41 Å². The van der Waals surface area contributed by atoms with Crippen molar-refractivity contribution in [1.82, 2.24) is 0 Å². The molecule has 124 valence electrons. The maximum absolute atomic E-state index is 12.8. The minimum Gasteiger partial charge on any atom is -0.449 e. The Morgan fingerprint density at radius 1 is 1.12 bits per heavy atom.